The number of hydrogen-bond donors (Lipinski definition) is 1. The number of amides is 1. The fourth-order valence-electron chi connectivity index (χ4n) is 4.02. The topological polar surface area (TPSA) is 120 Å². The number of ether oxygens (including phenoxy) is 1. The molecule has 0 spiro atoms. The Morgan fingerprint density at radius 1 is 1.43 bits per heavy atom. The van der Waals surface area contributed by atoms with E-state index in [0.717, 1.165) is 0 Å². The van der Waals surface area contributed by atoms with Crippen molar-refractivity contribution in [2.24, 2.45) is 5.41 Å². The van der Waals surface area contributed by atoms with Gasteiger partial charge >= 0.3 is 11.9 Å². The van der Waals surface area contributed by atoms with Gasteiger partial charge in [0.2, 0.25) is 9.04 Å². The van der Waals surface area contributed by atoms with Crippen molar-refractivity contribution in [3.05, 3.63) is 50.6 Å². The largest absolute Gasteiger partial charge is 0.441 e. The number of aliphatic hydroxyl groups is 1. The highest BCUT2D eigenvalue weighted by atomic mass is 79.9. The highest BCUT2D eigenvalue weighted by Crippen LogP contribution is 2.34. The van der Waals surface area contributed by atoms with E-state index in [4.69, 9.17) is 9.16 Å². The summed E-state index contributed by atoms with van der Waals surface area (Å²) in [6, 6.07) is 4.33. The average molecular weight is 572 g/mol. The summed E-state index contributed by atoms with van der Waals surface area (Å²) in [5, 5.41) is 20.9. The highest BCUT2D eigenvalue weighted by Gasteiger charge is 2.43. The molecule has 191 valence electrons. The van der Waals surface area contributed by atoms with Gasteiger partial charge in [-0.15, -0.1) is 0 Å². The molecule has 3 unspecified atom stereocenters. The van der Waals surface area contributed by atoms with Crippen LogP contribution in [-0.4, -0.2) is 60.1 Å². The van der Waals surface area contributed by atoms with Gasteiger partial charge in [-0.3, -0.25) is 9.47 Å². The van der Waals surface area contributed by atoms with Crippen LogP contribution >= 0.6 is 15.9 Å². The van der Waals surface area contributed by atoms with E-state index in [1.807, 2.05) is 33.9 Å². The first-order chi connectivity index (χ1) is 16.3. The number of benzene rings is 1. The van der Waals surface area contributed by atoms with Crippen LogP contribution in [0.1, 0.15) is 32.3 Å². The maximum absolute atomic E-state index is 15.2. The Bertz CT molecular complexity index is 1090. The predicted octanol–water partition coefficient (Wildman–Crippen LogP) is 4.48. The molecular formula is C22H29BrFN4O6Si. The Balaban J connectivity index is 1.80. The monoisotopic (exact) mass is 571 g/mol. The lowest BCUT2D eigenvalue weighted by atomic mass is 9.86. The van der Waals surface area contributed by atoms with Crippen LogP contribution in [0.15, 0.2) is 29.1 Å². The molecule has 1 aromatic heterocycles. The SMILES string of the molecule is C[Si](C)OC(C1CN(c2ccc(C(CO)Cn3cc([N+](=O)[O-])nc3Br)c(F)c2)C(=O)O1)C(C)(C)C. The second-order valence-electron chi connectivity index (χ2n) is 9.71. The molecule has 1 aromatic carbocycles. The van der Waals surface area contributed by atoms with E-state index in [0.29, 0.717) is 5.69 Å². The quantitative estimate of drug-likeness (QED) is 0.267. The summed E-state index contributed by atoms with van der Waals surface area (Å²) in [6.07, 6.45) is -0.160. The van der Waals surface area contributed by atoms with Gasteiger partial charge in [0.25, 0.3) is 4.73 Å². The molecule has 2 aromatic rings. The first-order valence-electron chi connectivity index (χ1n) is 11.0. The number of hydrogen-bond acceptors (Lipinski definition) is 7. The van der Waals surface area contributed by atoms with Crippen molar-refractivity contribution in [1.82, 2.24) is 9.55 Å². The third-order valence-corrected chi connectivity index (χ3v) is 7.02. The number of halogens is 2. The first kappa shape index (κ1) is 27.2. The first-order valence-corrected chi connectivity index (χ1v) is 14.2. The molecule has 35 heavy (non-hydrogen) atoms. The smallest absolute Gasteiger partial charge is 0.414 e. The number of rotatable bonds is 9. The molecule has 1 aliphatic heterocycles. The normalized spacial score (nSPS) is 18.1. The van der Waals surface area contributed by atoms with Crippen molar-refractivity contribution < 1.29 is 28.4 Å². The van der Waals surface area contributed by atoms with Gasteiger partial charge in [-0.2, -0.15) is 0 Å². The zero-order valence-electron chi connectivity index (χ0n) is 20.2. The van der Waals surface area contributed by atoms with Crippen LogP contribution in [-0.2, 0) is 15.7 Å². The summed E-state index contributed by atoms with van der Waals surface area (Å²) >= 11 is 3.15. The van der Waals surface area contributed by atoms with Crippen LogP contribution < -0.4 is 4.90 Å². The van der Waals surface area contributed by atoms with Crippen molar-refractivity contribution in [3.63, 3.8) is 0 Å². The molecule has 13 heteroatoms. The average Bonchev–Trinajstić information content (AvgIpc) is 3.32. The maximum atomic E-state index is 15.2. The van der Waals surface area contributed by atoms with E-state index in [9.17, 15) is 20.0 Å². The number of carbonyl (C=O) groups excluding carboxylic acids is 1. The van der Waals surface area contributed by atoms with Crippen molar-refractivity contribution in [2.75, 3.05) is 18.1 Å². The van der Waals surface area contributed by atoms with Crippen LogP contribution in [0.5, 0.6) is 0 Å². The number of aliphatic hydroxyl groups excluding tert-OH is 1. The van der Waals surface area contributed by atoms with E-state index in [1.165, 1.54) is 27.8 Å². The van der Waals surface area contributed by atoms with Gasteiger partial charge in [-0.1, -0.05) is 26.8 Å². The summed E-state index contributed by atoms with van der Waals surface area (Å²) in [5.41, 5.74) is 0.285. The van der Waals surface area contributed by atoms with Gasteiger partial charge in [-0.05, 0) is 46.1 Å². The summed E-state index contributed by atoms with van der Waals surface area (Å²) in [4.78, 5) is 28.1. The minimum atomic E-state index is -1.05. The maximum Gasteiger partial charge on any atom is 0.414 e. The molecule has 3 rings (SSSR count). The minimum Gasteiger partial charge on any atom is -0.441 e. The Morgan fingerprint density at radius 3 is 2.63 bits per heavy atom. The molecular weight excluding hydrogens is 543 g/mol. The third-order valence-electron chi connectivity index (χ3n) is 5.66. The fourth-order valence-corrected chi connectivity index (χ4v) is 5.46. The standard InChI is InChI=1S/C22H29BrFN4O6Si/c1-22(2,3)19(34-35(4)5)17-10-27(21(30)33-17)14-6-7-15(16(24)8-14)13(12-29)9-26-11-18(28(31)32)25-20(26)23/h6-8,11,13,17,19,29H,9-10,12H2,1-5H3. The Hall–Kier alpha value is -2.35. The molecule has 3 atom stereocenters. The van der Waals surface area contributed by atoms with Crippen molar-refractivity contribution in [1.29, 1.82) is 0 Å². The fraction of sp³-hybridized carbons (Fsp3) is 0.545. The number of nitro groups is 1. The van der Waals surface area contributed by atoms with Gasteiger partial charge in [0.15, 0.2) is 0 Å². The van der Waals surface area contributed by atoms with Crippen LogP contribution in [0.4, 0.5) is 20.7 Å². The molecule has 1 fully saturated rings. The molecule has 1 radical (unpaired) electrons. The molecule has 10 nitrogen and oxygen atoms in total. The van der Waals surface area contributed by atoms with Gasteiger partial charge in [0.05, 0.1) is 24.9 Å². The number of cyclic esters (lactones) is 1. The molecule has 1 amide bonds. The van der Waals surface area contributed by atoms with E-state index in [1.54, 1.807) is 6.07 Å². The summed E-state index contributed by atoms with van der Waals surface area (Å²) < 4.78 is 28.6. The third kappa shape index (κ3) is 6.26. The van der Waals surface area contributed by atoms with Gasteiger partial charge in [-0.25, -0.2) is 9.18 Å². The zero-order chi connectivity index (χ0) is 26.1. The molecule has 0 saturated carbocycles. The van der Waals surface area contributed by atoms with Crippen LogP contribution in [0.3, 0.4) is 0 Å². The lowest BCUT2D eigenvalue weighted by Crippen LogP contribution is -2.44. The zero-order valence-corrected chi connectivity index (χ0v) is 22.8. The van der Waals surface area contributed by atoms with Crippen molar-refractivity contribution in [2.45, 2.75) is 58.5 Å². The lowest BCUT2D eigenvalue weighted by Gasteiger charge is -2.35. The number of carbonyl (C=O) groups is 1. The Morgan fingerprint density at radius 2 is 2.11 bits per heavy atom. The van der Waals surface area contributed by atoms with Crippen molar-refractivity contribution in [3.8, 4) is 0 Å². The Labute approximate surface area is 213 Å². The van der Waals surface area contributed by atoms with E-state index < -0.39 is 44.5 Å². The second kappa shape index (κ2) is 10.7. The van der Waals surface area contributed by atoms with Crippen LogP contribution in [0, 0.1) is 21.3 Å². The van der Waals surface area contributed by atoms with Crippen molar-refractivity contribution >= 4 is 42.6 Å². The van der Waals surface area contributed by atoms with E-state index in [-0.39, 0.29) is 40.7 Å². The molecule has 1 N–H and O–H groups in total. The number of aromatic nitrogens is 2. The molecule has 1 aliphatic rings. The van der Waals surface area contributed by atoms with Crippen LogP contribution in [0.2, 0.25) is 13.1 Å². The number of imidazole rings is 1. The molecule has 2 heterocycles. The minimum absolute atomic E-state index is 0.0602. The van der Waals surface area contributed by atoms with Gasteiger partial charge in [0.1, 0.15) is 18.1 Å². The second-order valence-corrected chi connectivity index (χ2v) is 12.5. The molecule has 0 bridgehead atoms. The summed E-state index contributed by atoms with van der Waals surface area (Å²) in [7, 11) is -1.05. The summed E-state index contributed by atoms with van der Waals surface area (Å²) in [5.74, 6) is -1.66. The Kier molecular flexibility index (Phi) is 8.35. The van der Waals surface area contributed by atoms with Gasteiger partial charge < -0.3 is 24.4 Å². The number of nitrogens with zero attached hydrogens (tertiary/aromatic N) is 4. The van der Waals surface area contributed by atoms with Crippen LogP contribution in [0.25, 0.3) is 0 Å². The predicted molar refractivity (Wildman–Crippen MR) is 132 cm³/mol. The molecule has 0 aliphatic carbocycles. The lowest BCUT2D eigenvalue weighted by molar-refractivity contribution is -0.389. The number of anilines is 1. The summed E-state index contributed by atoms with van der Waals surface area (Å²) in [6.45, 7) is 10.00. The molecule has 1 saturated heterocycles. The van der Waals surface area contributed by atoms with E-state index >= 15 is 4.39 Å². The van der Waals surface area contributed by atoms with E-state index in [2.05, 4.69) is 20.9 Å². The highest BCUT2D eigenvalue weighted by molar-refractivity contribution is 9.10. The van der Waals surface area contributed by atoms with Gasteiger partial charge in [0, 0.05) is 28.4 Å².